The lowest BCUT2D eigenvalue weighted by Crippen LogP contribution is -2.43. The molecule has 2 heterocycles. The molecule has 0 radical (unpaired) electrons. The smallest absolute Gasteiger partial charge is 0.338 e. The van der Waals surface area contributed by atoms with Gasteiger partial charge in [-0.2, -0.15) is 0 Å². The molecule has 7 heteroatoms. The highest BCUT2D eigenvalue weighted by Crippen LogP contribution is 2.37. The molecule has 4 rings (SSSR count). The van der Waals surface area contributed by atoms with E-state index in [0.29, 0.717) is 22.0 Å². The number of nitrogens with zero attached hydrogens (tertiary/aromatic N) is 1. The van der Waals surface area contributed by atoms with Gasteiger partial charge in [0.15, 0.2) is 0 Å². The zero-order valence-corrected chi connectivity index (χ0v) is 15.4. The number of hydrogen-bond donors (Lipinski definition) is 1. The molecule has 6 nitrogen and oxygen atoms in total. The quantitative estimate of drug-likeness (QED) is 0.629. The fraction of sp³-hybridized carbons (Fsp3) is 0.300. The molecule has 0 aliphatic carbocycles. The molecule has 1 fully saturated rings. The maximum absolute atomic E-state index is 12.3. The van der Waals surface area contributed by atoms with Crippen LogP contribution in [0.5, 0.6) is 5.75 Å². The molecule has 1 saturated heterocycles. The fourth-order valence-corrected chi connectivity index (χ4v) is 3.59. The number of amides is 1. The number of hydrogen-bond acceptors (Lipinski definition) is 5. The summed E-state index contributed by atoms with van der Waals surface area (Å²) in [5.41, 5.74) is 2.02. The molecular formula is C20H19ClN2O4. The van der Waals surface area contributed by atoms with Crippen LogP contribution >= 0.6 is 11.6 Å². The second-order valence-electron chi connectivity index (χ2n) is 6.51. The Kier molecular flexibility index (Phi) is 4.90. The van der Waals surface area contributed by atoms with Crippen molar-refractivity contribution in [2.75, 3.05) is 30.0 Å². The minimum atomic E-state index is -0.449. The lowest BCUT2D eigenvalue weighted by molar-refractivity contribution is -0.117. The lowest BCUT2D eigenvalue weighted by atomic mass is 10.1. The number of halogens is 1. The molecule has 140 valence electrons. The van der Waals surface area contributed by atoms with Crippen molar-refractivity contribution in [3.8, 4) is 5.75 Å². The molecule has 1 N–H and O–H groups in total. The zero-order valence-electron chi connectivity index (χ0n) is 14.6. The second-order valence-corrected chi connectivity index (χ2v) is 6.95. The van der Waals surface area contributed by atoms with Gasteiger partial charge in [0.05, 0.1) is 16.9 Å². The van der Waals surface area contributed by atoms with Crippen molar-refractivity contribution in [1.29, 1.82) is 0 Å². The zero-order chi connectivity index (χ0) is 18.8. The Morgan fingerprint density at radius 2 is 2.00 bits per heavy atom. The molecule has 1 atom stereocenters. The fourth-order valence-electron chi connectivity index (χ4n) is 3.47. The van der Waals surface area contributed by atoms with Crippen molar-refractivity contribution in [2.45, 2.75) is 18.9 Å². The van der Waals surface area contributed by atoms with E-state index < -0.39 is 5.97 Å². The average molecular weight is 387 g/mol. The molecular weight excluding hydrogens is 368 g/mol. The first-order valence-corrected chi connectivity index (χ1v) is 9.27. The molecule has 2 aliphatic rings. The Morgan fingerprint density at radius 3 is 2.81 bits per heavy atom. The number of fused-ring (bicyclic) bond motifs is 3. The van der Waals surface area contributed by atoms with Crippen LogP contribution in [0, 0.1) is 0 Å². The van der Waals surface area contributed by atoms with Gasteiger partial charge in [0.25, 0.3) is 0 Å². The highest BCUT2D eigenvalue weighted by atomic mass is 35.5. The molecule has 0 aromatic heterocycles. The van der Waals surface area contributed by atoms with E-state index in [0.717, 1.165) is 25.1 Å². The van der Waals surface area contributed by atoms with Crippen molar-refractivity contribution in [3.63, 3.8) is 0 Å². The van der Waals surface area contributed by atoms with E-state index >= 15 is 0 Å². The summed E-state index contributed by atoms with van der Waals surface area (Å²) in [4.78, 5) is 26.6. The number of anilines is 2. The maximum Gasteiger partial charge on any atom is 0.338 e. The standard InChI is InChI=1S/C20H19ClN2O4/c21-14-4-6-15(7-5-14)26-10-11-27-20(25)13-3-8-17-16(12-13)22-19(24)18-2-1-9-23(17)18/h3-8,12,18H,1-2,9-11H2,(H,22,24)/t18-/m0/s1. The van der Waals surface area contributed by atoms with Crippen LogP contribution in [0.25, 0.3) is 0 Å². The Balaban J connectivity index is 1.35. The van der Waals surface area contributed by atoms with E-state index in [2.05, 4.69) is 10.2 Å². The third kappa shape index (κ3) is 3.71. The molecule has 0 unspecified atom stereocenters. The van der Waals surface area contributed by atoms with Gasteiger partial charge in [-0.25, -0.2) is 4.79 Å². The summed E-state index contributed by atoms with van der Waals surface area (Å²) in [7, 11) is 0. The van der Waals surface area contributed by atoms with E-state index in [1.807, 2.05) is 6.07 Å². The van der Waals surface area contributed by atoms with Crippen molar-refractivity contribution in [2.24, 2.45) is 0 Å². The van der Waals surface area contributed by atoms with Gasteiger partial charge in [0, 0.05) is 11.6 Å². The molecule has 1 amide bonds. The van der Waals surface area contributed by atoms with E-state index in [1.54, 1.807) is 36.4 Å². The summed E-state index contributed by atoms with van der Waals surface area (Å²) in [6.07, 6.45) is 1.86. The van der Waals surface area contributed by atoms with Crippen LogP contribution in [-0.2, 0) is 9.53 Å². The third-order valence-corrected chi connectivity index (χ3v) is 5.01. The first-order chi connectivity index (χ1) is 13.1. The average Bonchev–Trinajstić information content (AvgIpc) is 3.17. The number of ether oxygens (including phenoxy) is 2. The maximum atomic E-state index is 12.3. The molecule has 2 aromatic rings. The Bertz CT molecular complexity index is 869. The van der Waals surface area contributed by atoms with Gasteiger partial charge >= 0.3 is 5.97 Å². The molecule has 2 aliphatic heterocycles. The summed E-state index contributed by atoms with van der Waals surface area (Å²) in [5.74, 6) is 0.198. The van der Waals surface area contributed by atoms with Gasteiger partial charge in [-0.05, 0) is 55.3 Å². The van der Waals surface area contributed by atoms with Gasteiger partial charge in [0.2, 0.25) is 5.91 Å². The van der Waals surface area contributed by atoms with Crippen LogP contribution in [0.4, 0.5) is 11.4 Å². The van der Waals surface area contributed by atoms with Crippen molar-refractivity contribution in [3.05, 3.63) is 53.1 Å². The molecule has 0 bridgehead atoms. The van der Waals surface area contributed by atoms with E-state index in [9.17, 15) is 9.59 Å². The molecule has 0 saturated carbocycles. The number of nitrogens with one attached hydrogen (secondary N) is 1. The SMILES string of the molecule is O=C(OCCOc1ccc(Cl)cc1)c1ccc2c(c1)NC(=O)[C@@H]1CCCN21. The van der Waals surface area contributed by atoms with Crippen molar-refractivity contribution < 1.29 is 19.1 Å². The van der Waals surface area contributed by atoms with Crippen LogP contribution in [0.15, 0.2) is 42.5 Å². The van der Waals surface area contributed by atoms with Gasteiger partial charge in [-0.15, -0.1) is 0 Å². The van der Waals surface area contributed by atoms with Gasteiger partial charge < -0.3 is 19.7 Å². The predicted molar refractivity (Wildman–Crippen MR) is 103 cm³/mol. The van der Waals surface area contributed by atoms with Crippen LogP contribution in [0.2, 0.25) is 5.02 Å². The lowest BCUT2D eigenvalue weighted by Gasteiger charge is -2.33. The summed E-state index contributed by atoms with van der Waals surface area (Å²) in [6.45, 7) is 1.22. The molecule has 27 heavy (non-hydrogen) atoms. The number of esters is 1. The number of carbonyl (C=O) groups excluding carboxylic acids is 2. The number of rotatable bonds is 5. The minimum absolute atomic E-state index is 0.0121. The van der Waals surface area contributed by atoms with Crippen LogP contribution in [0.3, 0.4) is 0 Å². The Morgan fingerprint density at radius 1 is 1.19 bits per heavy atom. The Labute approximate surface area is 162 Å². The third-order valence-electron chi connectivity index (χ3n) is 4.75. The van der Waals surface area contributed by atoms with Crippen LogP contribution < -0.4 is 15.0 Å². The number of carbonyl (C=O) groups is 2. The summed E-state index contributed by atoms with van der Waals surface area (Å²) >= 11 is 5.82. The normalized spacial score (nSPS) is 17.7. The summed E-state index contributed by atoms with van der Waals surface area (Å²) in [5, 5.41) is 3.53. The predicted octanol–water partition coefficient (Wildman–Crippen LogP) is 3.50. The van der Waals surface area contributed by atoms with E-state index in [4.69, 9.17) is 21.1 Å². The van der Waals surface area contributed by atoms with Gasteiger partial charge in [-0.3, -0.25) is 4.79 Å². The largest absolute Gasteiger partial charge is 0.490 e. The second kappa shape index (κ2) is 7.48. The summed E-state index contributed by atoms with van der Waals surface area (Å²) in [6, 6.07) is 12.1. The molecule has 0 spiro atoms. The van der Waals surface area contributed by atoms with E-state index in [-0.39, 0.29) is 25.2 Å². The van der Waals surface area contributed by atoms with Crippen LogP contribution in [0.1, 0.15) is 23.2 Å². The first-order valence-electron chi connectivity index (χ1n) is 8.89. The highest BCUT2D eigenvalue weighted by molar-refractivity contribution is 6.30. The van der Waals surface area contributed by atoms with E-state index in [1.165, 1.54) is 0 Å². The summed E-state index contributed by atoms with van der Waals surface area (Å²) < 4.78 is 10.8. The number of benzene rings is 2. The van der Waals surface area contributed by atoms with Crippen LogP contribution in [-0.4, -0.2) is 37.7 Å². The Hall–Kier alpha value is -2.73. The monoisotopic (exact) mass is 386 g/mol. The minimum Gasteiger partial charge on any atom is -0.490 e. The first kappa shape index (κ1) is 17.7. The van der Waals surface area contributed by atoms with Crippen molar-refractivity contribution >= 4 is 34.9 Å². The highest BCUT2D eigenvalue weighted by Gasteiger charge is 2.36. The molecule has 2 aromatic carbocycles. The van der Waals surface area contributed by atoms with Crippen molar-refractivity contribution in [1.82, 2.24) is 0 Å². The van der Waals surface area contributed by atoms with Gasteiger partial charge in [-0.1, -0.05) is 11.6 Å². The van der Waals surface area contributed by atoms with Gasteiger partial charge in [0.1, 0.15) is 25.0 Å². The topological polar surface area (TPSA) is 67.9 Å².